The van der Waals surface area contributed by atoms with Crippen molar-refractivity contribution in [2.45, 2.75) is 38.1 Å². The number of carbonyl (C=O) groups excluding carboxylic acids is 1. The predicted molar refractivity (Wildman–Crippen MR) is 103 cm³/mol. The molecule has 1 amide bonds. The van der Waals surface area contributed by atoms with E-state index < -0.39 is 10.0 Å². The van der Waals surface area contributed by atoms with Gasteiger partial charge in [-0.15, -0.1) is 0 Å². The lowest BCUT2D eigenvalue weighted by Crippen LogP contribution is -2.35. The van der Waals surface area contributed by atoms with Crippen LogP contribution in [0.4, 0.5) is 5.69 Å². The molecular weight excluding hydrogens is 348 g/mol. The summed E-state index contributed by atoms with van der Waals surface area (Å²) in [5, 5.41) is 0. The Balaban J connectivity index is 1.98. The van der Waals surface area contributed by atoms with Crippen LogP contribution in [0, 0.1) is 0 Å². The molecular formula is C20H24N2O3S. The first-order valence-corrected chi connectivity index (χ1v) is 10.4. The molecule has 0 aliphatic carbocycles. The number of hydrogen-bond acceptors (Lipinski definition) is 3. The van der Waals surface area contributed by atoms with Gasteiger partial charge in [0.2, 0.25) is 10.0 Å². The zero-order valence-corrected chi connectivity index (χ0v) is 16.2. The van der Waals surface area contributed by atoms with E-state index in [1.165, 1.54) is 4.31 Å². The molecule has 2 aromatic carbocycles. The van der Waals surface area contributed by atoms with Crippen LogP contribution < -0.4 is 4.90 Å². The maximum absolute atomic E-state index is 12.9. The van der Waals surface area contributed by atoms with E-state index in [2.05, 4.69) is 0 Å². The molecule has 0 saturated carbocycles. The molecule has 0 N–H and O–H groups in total. The Hall–Kier alpha value is -2.18. The Bertz CT molecular complexity index is 906. The number of amides is 1. The average Bonchev–Trinajstić information content (AvgIpc) is 2.97. The van der Waals surface area contributed by atoms with E-state index in [0.29, 0.717) is 30.0 Å². The monoisotopic (exact) mass is 372 g/mol. The fourth-order valence-electron chi connectivity index (χ4n) is 3.51. The summed E-state index contributed by atoms with van der Waals surface area (Å²) in [7, 11) is -3.50. The van der Waals surface area contributed by atoms with Crippen molar-refractivity contribution in [3.05, 3.63) is 59.7 Å². The van der Waals surface area contributed by atoms with Crippen LogP contribution in [0.5, 0.6) is 0 Å². The number of benzene rings is 2. The van der Waals surface area contributed by atoms with E-state index >= 15 is 0 Å². The largest absolute Gasteiger partial charge is 0.305 e. The Morgan fingerprint density at radius 1 is 1.12 bits per heavy atom. The molecule has 26 heavy (non-hydrogen) atoms. The highest BCUT2D eigenvalue weighted by Crippen LogP contribution is 2.35. The van der Waals surface area contributed by atoms with Crippen LogP contribution in [0.2, 0.25) is 0 Å². The minimum atomic E-state index is -3.50. The van der Waals surface area contributed by atoms with Crippen LogP contribution in [-0.2, 0) is 16.4 Å². The summed E-state index contributed by atoms with van der Waals surface area (Å²) in [5.74, 6) is -0.0591. The van der Waals surface area contributed by atoms with Crippen molar-refractivity contribution in [3.8, 4) is 0 Å². The highest BCUT2D eigenvalue weighted by Gasteiger charge is 2.33. The molecule has 1 aliphatic heterocycles. The fourth-order valence-corrected chi connectivity index (χ4v) is 5.02. The van der Waals surface area contributed by atoms with E-state index in [-0.39, 0.29) is 11.9 Å². The highest BCUT2D eigenvalue weighted by molar-refractivity contribution is 7.89. The maximum atomic E-state index is 12.9. The lowest BCUT2D eigenvalue weighted by atomic mass is 10.1. The van der Waals surface area contributed by atoms with Crippen LogP contribution in [-0.4, -0.2) is 37.8 Å². The maximum Gasteiger partial charge on any atom is 0.258 e. The van der Waals surface area contributed by atoms with Crippen molar-refractivity contribution in [2.24, 2.45) is 0 Å². The fraction of sp³-hybridized carbons (Fsp3) is 0.350. The van der Waals surface area contributed by atoms with Gasteiger partial charge in [0.05, 0.1) is 4.90 Å². The standard InChI is InChI=1S/C20H24N2O3S/c1-4-21(5-2)26(24,25)18-11-12-19-17(14-18)13-15(3)22(19)20(23)16-9-7-6-8-10-16/h6-12,14-15H,4-5,13H2,1-3H3/t15-/m1/s1. The van der Waals surface area contributed by atoms with Crippen molar-refractivity contribution in [1.29, 1.82) is 0 Å². The number of fused-ring (bicyclic) bond motifs is 1. The molecule has 138 valence electrons. The van der Waals surface area contributed by atoms with Gasteiger partial charge in [-0.3, -0.25) is 4.79 Å². The lowest BCUT2D eigenvalue weighted by molar-refractivity contribution is 0.0981. The van der Waals surface area contributed by atoms with Crippen molar-refractivity contribution >= 4 is 21.6 Å². The van der Waals surface area contributed by atoms with Gasteiger partial charge in [-0.25, -0.2) is 8.42 Å². The first-order valence-electron chi connectivity index (χ1n) is 8.91. The normalized spacial score (nSPS) is 16.8. The predicted octanol–water partition coefficient (Wildman–Crippen LogP) is 3.31. The zero-order chi connectivity index (χ0) is 18.9. The summed E-state index contributed by atoms with van der Waals surface area (Å²) < 4.78 is 27.0. The summed E-state index contributed by atoms with van der Waals surface area (Å²) in [6.45, 7) is 6.52. The molecule has 0 fully saturated rings. The molecule has 1 aliphatic rings. The number of nitrogens with zero attached hydrogens (tertiary/aromatic N) is 2. The van der Waals surface area contributed by atoms with E-state index in [1.807, 2.05) is 39.0 Å². The van der Waals surface area contributed by atoms with Crippen LogP contribution in [0.15, 0.2) is 53.4 Å². The molecule has 2 aromatic rings. The number of hydrogen-bond donors (Lipinski definition) is 0. The third-order valence-electron chi connectivity index (χ3n) is 4.85. The van der Waals surface area contributed by atoms with E-state index in [9.17, 15) is 13.2 Å². The minimum Gasteiger partial charge on any atom is -0.305 e. The Kier molecular flexibility index (Phi) is 5.16. The minimum absolute atomic E-state index is 0.0101. The molecule has 0 unspecified atom stereocenters. The van der Waals surface area contributed by atoms with Gasteiger partial charge in [0.25, 0.3) is 5.91 Å². The van der Waals surface area contributed by atoms with Crippen molar-refractivity contribution < 1.29 is 13.2 Å². The summed E-state index contributed by atoms with van der Waals surface area (Å²) >= 11 is 0. The highest BCUT2D eigenvalue weighted by atomic mass is 32.2. The van der Waals surface area contributed by atoms with Gasteiger partial charge in [0.15, 0.2) is 0 Å². The number of carbonyl (C=O) groups is 1. The summed E-state index contributed by atoms with van der Waals surface area (Å²) in [6.07, 6.45) is 0.648. The quantitative estimate of drug-likeness (QED) is 0.809. The summed E-state index contributed by atoms with van der Waals surface area (Å²) in [5.41, 5.74) is 2.33. The van der Waals surface area contributed by atoms with Crippen LogP contribution >= 0.6 is 0 Å². The zero-order valence-electron chi connectivity index (χ0n) is 15.3. The van der Waals surface area contributed by atoms with Crippen LogP contribution in [0.1, 0.15) is 36.7 Å². The molecule has 1 atom stereocenters. The first-order chi connectivity index (χ1) is 12.4. The van der Waals surface area contributed by atoms with E-state index in [0.717, 1.165) is 11.3 Å². The molecule has 5 nitrogen and oxygen atoms in total. The average molecular weight is 372 g/mol. The Morgan fingerprint density at radius 2 is 1.77 bits per heavy atom. The van der Waals surface area contributed by atoms with Gasteiger partial charge in [0, 0.05) is 30.4 Å². The van der Waals surface area contributed by atoms with Gasteiger partial charge < -0.3 is 4.90 Å². The van der Waals surface area contributed by atoms with Crippen LogP contribution in [0.25, 0.3) is 0 Å². The third kappa shape index (κ3) is 3.15. The van der Waals surface area contributed by atoms with Crippen molar-refractivity contribution in [1.82, 2.24) is 4.31 Å². The molecule has 0 saturated heterocycles. The molecule has 3 rings (SSSR count). The Morgan fingerprint density at radius 3 is 2.38 bits per heavy atom. The number of anilines is 1. The molecule has 0 aromatic heterocycles. The molecule has 0 spiro atoms. The van der Waals surface area contributed by atoms with Gasteiger partial charge in [-0.1, -0.05) is 32.0 Å². The summed E-state index contributed by atoms with van der Waals surface area (Å²) in [4.78, 5) is 15.0. The SMILES string of the molecule is CCN(CC)S(=O)(=O)c1ccc2c(c1)C[C@@H](C)N2C(=O)c1ccccc1. The molecule has 1 heterocycles. The second kappa shape index (κ2) is 7.21. The molecule has 6 heteroatoms. The molecule has 0 bridgehead atoms. The Labute approximate surface area is 155 Å². The van der Waals surface area contributed by atoms with Gasteiger partial charge in [-0.2, -0.15) is 4.31 Å². The number of sulfonamides is 1. The second-order valence-corrected chi connectivity index (χ2v) is 8.41. The third-order valence-corrected chi connectivity index (χ3v) is 6.90. The van der Waals surface area contributed by atoms with Gasteiger partial charge in [0.1, 0.15) is 0 Å². The smallest absolute Gasteiger partial charge is 0.258 e. The van der Waals surface area contributed by atoms with Gasteiger partial charge >= 0.3 is 0 Å². The van der Waals surface area contributed by atoms with Crippen LogP contribution in [0.3, 0.4) is 0 Å². The van der Waals surface area contributed by atoms with Gasteiger partial charge in [-0.05, 0) is 49.2 Å². The first kappa shape index (κ1) is 18.6. The van der Waals surface area contributed by atoms with E-state index in [4.69, 9.17) is 0 Å². The number of rotatable bonds is 5. The van der Waals surface area contributed by atoms with Crippen molar-refractivity contribution in [3.63, 3.8) is 0 Å². The lowest BCUT2D eigenvalue weighted by Gasteiger charge is -2.23. The van der Waals surface area contributed by atoms with Crippen molar-refractivity contribution in [2.75, 3.05) is 18.0 Å². The topological polar surface area (TPSA) is 57.7 Å². The second-order valence-electron chi connectivity index (χ2n) is 6.47. The summed E-state index contributed by atoms with van der Waals surface area (Å²) in [6, 6.07) is 14.2. The molecule has 0 radical (unpaired) electrons. The van der Waals surface area contributed by atoms with E-state index in [1.54, 1.807) is 35.2 Å².